The number of nitrogens with one attached hydrogen (secondary N) is 1. The number of carbonyl (C=O) groups is 1. The zero-order valence-electron chi connectivity index (χ0n) is 12.3. The largest absolute Gasteiger partial charge is 0.489 e. The smallest absolute Gasteiger partial charge is 0.255 e. The van der Waals surface area contributed by atoms with Crippen molar-refractivity contribution in [3.8, 4) is 5.75 Å². The fraction of sp³-hybridized carbons (Fsp3) is 0.562. The summed E-state index contributed by atoms with van der Waals surface area (Å²) in [6.45, 7) is 6.85. The Morgan fingerprint density at radius 1 is 1.45 bits per heavy atom. The highest BCUT2D eigenvalue weighted by Gasteiger charge is 2.30. The number of aliphatic hydroxyl groups excluding tert-OH is 1. The summed E-state index contributed by atoms with van der Waals surface area (Å²) in [6, 6.07) is 5.73. The van der Waals surface area contributed by atoms with Gasteiger partial charge in [-0.2, -0.15) is 0 Å². The van der Waals surface area contributed by atoms with Gasteiger partial charge in [-0.15, -0.1) is 0 Å². The lowest BCUT2D eigenvalue weighted by Gasteiger charge is -2.13. The first-order valence-corrected chi connectivity index (χ1v) is 7.23. The molecular formula is C16H23NO3. The molecule has 3 unspecified atom stereocenters. The standard InChI is InChI=1S/C16H23NO3/c1-10(7-8-18)9-17-16(19)14-6-4-5-13-11(2)12(3)20-15(13)14/h4-6,10-12,18H,7-9H2,1-3H3,(H,17,19). The van der Waals surface area contributed by atoms with E-state index < -0.39 is 0 Å². The molecule has 1 aliphatic heterocycles. The number of carbonyl (C=O) groups excluding carboxylic acids is 1. The number of fused-ring (bicyclic) bond motifs is 1. The van der Waals surface area contributed by atoms with Gasteiger partial charge in [-0.1, -0.05) is 26.0 Å². The molecule has 0 fully saturated rings. The predicted octanol–water partition coefficient (Wildman–Crippen LogP) is 2.32. The minimum absolute atomic E-state index is 0.104. The van der Waals surface area contributed by atoms with Gasteiger partial charge in [-0.3, -0.25) is 4.79 Å². The van der Waals surface area contributed by atoms with Crippen molar-refractivity contribution in [1.29, 1.82) is 0 Å². The first-order valence-electron chi connectivity index (χ1n) is 7.23. The molecule has 0 aliphatic carbocycles. The van der Waals surface area contributed by atoms with E-state index in [0.29, 0.717) is 24.4 Å². The molecule has 0 aromatic heterocycles. The van der Waals surface area contributed by atoms with E-state index in [1.165, 1.54) is 0 Å². The van der Waals surface area contributed by atoms with Gasteiger partial charge >= 0.3 is 0 Å². The number of ether oxygens (including phenoxy) is 1. The molecule has 0 saturated carbocycles. The van der Waals surface area contributed by atoms with E-state index >= 15 is 0 Å². The van der Waals surface area contributed by atoms with Crippen molar-refractivity contribution in [2.75, 3.05) is 13.2 Å². The molecule has 0 bridgehead atoms. The molecule has 20 heavy (non-hydrogen) atoms. The first kappa shape index (κ1) is 14.9. The van der Waals surface area contributed by atoms with Crippen LogP contribution in [0.5, 0.6) is 5.75 Å². The molecule has 0 saturated heterocycles. The van der Waals surface area contributed by atoms with Gasteiger partial charge in [0.25, 0.3) is 5.91 Å². The van der Waals surface area contributed by atoms with Gasteiger partial charge in [0.15, 0.2) is 0 Å². The van der Waals surface area contributed by atoms with Gasteiger partial charge in [0, 0.05) is 24.6 Å². The molecule has 1 aromatic carbocycles. The minimum atomic E-state index is -0.104. The van der Waals surface area contributed by atoms with E-state index in [1.54, 1.807) is 6.07 Å². The van der Waals surface area contributed by atoms with Gasteiger partial charge < -0.3 is 15.2 Å². The van der Waals surface area contributed by atoms with Crippen LogP contribution in [0.1, 0.15) is 49.0 Å². The Kier molecular flexibility index (Phi) is 4.65. The predicted molar refractivity (Wildman–Crippen MR) is 78.1 cm³/mol. The third kappa shape index (κ3) is 2.96. The van der Waals surface area contributed by atoms with Crippen LogP contribution in [-0.4, -0.2) is 30.3 Å². The summed E-state index contributed by atoms with van der Waals surface area (Å²) in [5, 5.41) is 11.8. The quantitative estimate of drug-likeness (QED) is 0.868. The van der Waals surface area contributed by atoms with E-state index in [2.05, 4.69) is 12.2 Å². The van der Waals surface area contributed by atoms with Crippen molar-refractivity contribution < 1.29 is 14.6 Å². The zero-order chi connectivity index (χ0) is 14.7. The second-order valence-electron chi connectivity index (χ2n) is 5.66. The lowest BCUT2D eigenvalue weighted by Crippen LogP contribution is -2.29. The van der Waals surface area contributed by atoms with E-state index in [0.717, 1.165) is 11.3 Å². The highest BCUT2D eigenvalue weighted by Crippen LogP contribution is 2.40. The number of para-hydroxylation sites is 1. The number of amides is 1. The van der Waals surface area contributed by atoms with Crippen LogP contribution in [-0.2, 0) is 0 Å². The van der Waals surface area contributed by atoms with Crippen LogP contribution in [0.15, 0.2) is 18.2 Å². The summed E-state index contributed by atoms with van der Waals surface area (Å²) in [5.41, 5.74) is 1.71. The van der Waals surface area contributed by atoms with Gasteiger partial charge in [0.05, 0.1) is 5.56 Å². The lowest BCUT2D eigenvalue weighted by molar-refractivity contribution is 0.0940. The van der Waals surface area contributed by atoms with Crippen LogP contribution in [0.25, 0.3) is 0 Å². The third-order valence-corrected chi connectivity index (χ3v) is 4.02. The van der Waals surface area contributed by atoms with Crippen molar-refractivity contribution in [3.63, 3.8) is 0 Å². The minimum Gasteiger partial charge on any atom is -0.489 e. The molecule has 1 heterocycles. The van der Waals surface area contributed by atoms with Gasteiger partial charge in [0.1, 0.15) is 11.9 Å². The molecule has 2 N–H and O–H groups in total. The van der Waals surface area contributed by atoms with Crippen molar-refractivity contribution in [1.82, 2.24) is 5.32 Å². The molecule has 2 rings (SSSR count). The molecule has 4 nitrogen and oxygen atoms in total. The monoisotopic (exact) mass is 277 g/mol. The number of hydrogen-bond donors (Lipinski definition) is 2. The topological polar surface area (TPSA) is 58.6 Å². The zero-order valence-corrected chi connectivity index (χ0v) is 12.3. The van der Waals surface area contributed by atoms with Crippen molar-refractivity contribution in [2.45, 2.75) is 39.2 Å². The van der Waals surface area contributed by atoms with Crippen LogP contribution in [0.3, 0.4) is 0 Å². The maximum Gasteiger partial charge on any atom is 0.255 e. The van der Waals surface area contributed by atoms with Crippen molar-refractivity contribution >= 4 is 5.91 Å². The Hall–Kier alpha value is -1.55. The number of hydrogen-bond acceptors (Lipinski definition) is 3. The van der Waals surface area contributed by atoms with E-state index in [9.17, 15) is 4.79 Å². The molecule has 0 spiro atoms. The first-order chi connectivity index (χ1) is 9.54. The fourth-order valence-electron chi connectivity index (χ4n) is 2.45. The van der Waals surface area contributed by atoms with Crippen molar-refractivity contribution in [3.05, 3.63) is 29.3 Å². The SMILES string of the molecule is CC(CCO)CNC(=O)c1cccc2c1OC(C)C2C. The van der Waals surface area contributed by atoms with Crippen LogP contribution in [0.2, 0.25) is 0 Å². The molecule has 0 radical (unpaired) electrons. The Morgan fingerprint density at radius 3 is 2.90 bits per heavy atom. The molecule has 1 amide bonds. The Labute approximate surface area is 120 Å². The lowest BCUT2D eigenvalue weighted by atomic mass is 9.96. The average Bonchev–Trinajstić information content (AvgIpc) is 2.72. The number of benzene rings is 1. The molecule has 110 valence electrons. The summed E-state index contributed by atoms with van der Waals surface area (Å²) in [5.74, 6) is 1.19. The summed E-state index contributed by atoms with van der Waals surface area (Å²) in [7, 11) is 0. The van der Waals surface area contributed by atoms with E-state index in [1.807, 2.05) is 26.0 Å². The number of aliphatic hydroxyl groups is 1. The number of rotatable bonds is 5. The molecule has 4 heteroatoms. The van der Waals surface area contributed by atoms with Crippen LogP contribution >= 0.6 is 0 Å². The molecule has 1 aliphatic rings. The summed E-state index contributed by atoms with van der Waals surface area (Å²) in [6.07, 6.45) is 0.796. The average molecular weight is 277 g/mol. The van der Waals surface area contributed by atoms with Gasteiger partial charge in [-0.25, -0.2) is 0 Å². The molecule has 1 aromatic rings. The highest BCUT2D eigenvalue weighted by atomic mass is 16.5. The van der Waals surface area contributed by atoms with Crippen LogP contribution in [0.4, 0.5) is 0 Å². The normalized spacial score (nSPS) is 22.0. The molecule has 3 atom stereocenters. The van der Waals surface area contributed by atoms with E-state index in [-0.39, 0.29) is 24.5 Å². The Morgan fingerprint density at radius 2 is 2.20 bits per heavy atom. The maximum absolute atomic E-state index is 12.3. The Balaban J connectivity index is 2.09. The van der Waals surface area contributed by atoms with Crippen LogP contribution < -0.4 is 10.1 Å². The second kappa shape index (κ2) is 6.27. The molecular weight excluding hydrogens is 254 g/mol. The van der Waals surface area contributed by atoms with Gasteiger partial charge in [-0.05, 0) is 25.3 Å². The highest BCUT2D eigenvalue weighted by molar-refractivity contribution is 5.97. The van der Waals surface area contributed by atoms with Crippen LogP contribution in [0, 0.1) is 5.92 Å². The third-order valence-electron chi connectivity index (χ3n) is 4.02. The second-order valence-corrected chi connectivity index (χ2v) is 5.66. The summed E-state index contributed by atoms with van der Waals surface area (Å²) >= 11 is 0. The summed E-state index contributed by atoms with van der Waals surface area (Å²) < 4.78 is 5.82. The Bertz CT molecular complexity index is 487. The maximum atomic E-state index is 12.3. The van der Waals surface area contributed by atoms with E-state index in [4.69, 9.17) is 9.84 Å². The van der Waals surface area contributed by atoms with Crippen molar-refractivity contribution in [2.24, 2.45) is 5.92 Å². The fourth-order valence-corrected chi connectivity index (χ4v) is 2.45. The van der Waals surface area contributed by atoms with Gasteiger partial charge in [0.2, 0.25) is 0 Å². The summed E-state index contributed by atoms with van der Waals surface area (Å²) in [4.78, 5) is 12.3.